The third kappa shape index (κ3) is 13.4. The van der Waals surface area contributed by atoms with Crippen LogP contribution < -0.4 is 53.3 Å². The molecule has 17 heteroatoms. The highest BCUT2D eigenvalue weighted by atomic mass is 31.2. The number of para-hydroxylation sites is 7. The third-order valence-electron chi connectivity index (χ3n) is 17.1. The molecule has 1 fully saturated rings. The van der Waals surface area contributed by atoms with Gasteiger partial charge in [0.25, 0.3) is 14.7 Å². The smallest absolute Gasteiger partial charge is 0.463 e. The first-order valence-corrected chi connectivity index (χ1v) is 38.6. The van der Waals surface area contributed by atoms with Crippen LogP contribution in [0.25, 0.3) is 44.5 Å². The van der Waals surface area contributed by atoms with E-state index in [-0.39, 0.29) is 25.5 Å². The number of fused-ring (bicyclic) bond motifs is 12. The van der Waals surface area contributed by atoms with Crippen molar-refractivity contribution in [2.75, 3.05) is 19.8 Å². The van der Waals surface area contributed by atoms with Gasteiger partial charge in [-0.2, -0.15) is 0 Å². The van der Waals surface area contributed by atoms with E-state index in [0.717, 1.165) is 57.5 Å². The van der Waals surface area contributed by atoms with Gasteiger partial charge >= 0.3 is 15.2 Å². The van der Waals surface area contributed by atoms with Crippen molar-refractivity contribution in [2.24, 2.45) is 0 Å². The van der Waals surface area contributed by atoms with Crippen LogP contribution in [0.1, 0.15) is 16.7 Å². The fourth-order valence-electron chi connectivity index (χ4n) is 12.4. The van der Waals surface area contributed by atoms with E-state index in [0.29, 0.717) is 78.7 Å². The highest BCUT2D eigenvalue weighted by Gasteiger charge is 2.44. The van der Waals surface area contributed by atoms with E-state index in [1.54, 1.807) is 36.4 Å². The fraction of sp³-hybridized carbons (Fsp3) is 0.100. The van der Waals surface area contributed by atoms with Gasteiger partial charge in [-0.05, 0) is 89.5 Å². The molecule has 0 N–H and O–H groups in total. The van der Waals surface area contributed by atoms with Crippen LogP contribution in [0.15, 0.2) is 303 Å². The Morgan fingerprint density at radius 1 is 0.340 bits per heavy atom. The Morgan fingerprint density at radius 3 is 1.19 bits per heavy atom. The van der Waals surface area contributed by atoms with Crippen molar-refractivity contribution in [3.05, 3.63) is 320 Å². The molecular formula is C80H64O13P4. The lowest BCUT2D eigenvalue weighted by Crippen LogP contribution is -2.32. The average Bonchev–Trinajstić information content (AvgIpc) is 0.908. The summed E-state index contributed by atoms with van der Waals surface area (Å²) in [5.41, 5.74) is 9.64. The molecule has 0 aliphatic carbocycles. The maximum absolute atomic E-state index is 14.7. The van der Waals surface area contributed by atoms with Gasteiger partial charge in [0.1, 0.15) is 59.6 Å². The maximum atomic E-state index is 14.7. The minimum Gasteiger partial charge on any atom is -0.491 e. The van der Waals surface area contributed by atoms with E-state index < -0.39 is 36.0 Å². The number of hydrogen-bond acceptors (Lipinski definition) is 13. The molecule has 0 bridgehead atoms. The van der Waals surface area contributed by atoms with Gasteiger partial charge in [-0.1, -0.05) is 231 Å². The SMILES string of the molecule is O=P1(Cc2ccccc2OCC(COc2ccccc2)OP2(=O)Oc3ccccc3-c3ccccc32)Oc2ccccc2-c2ccccc21.O=P1(Cc2ccccc2OP2(=O)Oc3ccccc3-c3ccccc32)Oc2ccccc2-c2ccccc21.c1ccc(CC2CO2)cc1. The maximum Gasteiger partial charge on any atom is 0.463 e. The lowest BCUT2D eigenvalue weighted by molar-refractivity contribution is 0.0751. The standard InChI is InChI=1S/C40H32O7P2.C31H22O5P2.C9H10O/c41-48(39-24-12-7-19-34(39)32-17-5-10-22-37(32)46-48)28-29-14-4-9-21-36(29)44-27-31(26-43-30-15-2-1-3-16-30)45-49(42)40-25-13-8-20-35(40)33-18-6-11-23-38(33)47-49;32-37(30-19-9-4-14-25(30)23-12-2-7-17-28(23)34-37)21-22-11-1-6-16-27(22)35-38(33)31-20-10-5-15-26(31)24-13-3-8-18-29(24)36-38;1-2-4-8(5-3-1)6-9-7-10-9/h1-25,31H,26-28H2;1-20H,21H2;1-5,9H,6-7H2. The van der Waals surface area contributed by atoms with E-state index in [1.807, 2.05) is 243 Å². The fourth-order valence-corrected chi connectivity index (χ4v) is 21.0. The number of epoxide rings is 1. The topological polar surface area (TPSA) is 155 Å². The molecule has 12 aromatic rings. The Balaban J connectivity index is 0.000000141. The predicted molar refractivity (Wildman–Crippen MR) is 382 cm³/mol. The Morgan fingerprint density at radius 2 is 0.691 bits per heavy atom. The molecule has 5 heterocycles. The molecule has 0 radical (unpaired) electrons. The summed E-state index contributed by atoms with van der Waals surface area (Å²) < 4.78 is 113. The molecule has 6 unspecified atom stereocenters. The second-order valence-electron chi connectivity index (χ2n) is 23.7. The zero-order valence-electron chi connectivity index (χ0n) is 52.4. The number of benzene rings is 12. The van der Waals surface area contributed by atoms with Crippen molar-refractivity contribution >= 4 is 51.1 Å². The monoisotopic (exact) mass is 1360 g/mol. The zero-order chi connectivity index (χ0) is 65.8. The second-order valence-corrected chi connectivity index (χ2v) is 32.1. The quantitative estimate of drug-likeness (QED) is 0.0666. The van der Waals surface area contributed by atoms with Gasteiger partial charge in [-0.15, -0.1) is 0 Å². The van der Waals surface area contributed by atoms with Crippen molar-refractivity contribution in [3.63, 3.8) is 0 Å². The first-order chi connectivity index (χ1) is 47.5. The van der Waals surface area contributed by atoms with Crippen molar-refractivity contribution in [1.82, 2.24) is 0 Å². The summed E-state index contributed by atoms with van der Waals surface area (Å²) in [5.74, 6) is 3.66. The molecule has 17 rings (SSSR count). The number of ether oxygens (including phenoxy) is 3. The average molecular weight is 1360 g/mol. The van der Waals surface area contributed by atoms with Crippen molar-refractivity contribution in [1.29, 1.82) is 0 Å². The lowest BCUT2D eigenvalue weighted by Gasteiger charge is -2.31. The minimum absolute atomic E-state index is 0.0222. The van der Waals surface area contributed by atoms with Gasteiger partial charge in [0.15, 0.2) is 0 Å². The molecule has 0 saturated carbocycles. The van der Waals surface area contributed by atoms with Crippen molar-refractivity contribution in [3.8, 4) is 84.8 Å². The van der Waals surface area contributed by atoms with Gasteiger partial charge in [-0.25, -0.2) is 9.13 Å². The van der Waals surface area contributed by atoms with Gasteiger partial charge < -0.3 is 36.8 Å². The van der Waals surface area contributed by atoms with Crippen LogP contribution in [0.4, 0.5) is 0 Å². The zero-order valence-corrected chi connectivity index (χ0v) is 55.9. The molecule has 482 valence electrons. The molecule has 1 saturated heterocycles. The van der Waals surface area contributed by atoms with Gasteiger partial charge in [0.05, 0.1) is 46.3 Å². The summed E-state index contributed by atoms with van der Waals surface area (Å²) in [6.45, 7) is 0.968. The first-order valence-electron chi connectivity index (χ1n) is 31.9. The predicted octanol–water partition coefficient (Wildman–Crippen LogP) is 18.7. The number of rotatable bonds is 16. The summed E-state index contributed by atoms with van der Waals surface area (Å²) in [5, 5.41) is 2.31. The van der Waals surface area contributed by atoms with Gasteiger partial charge in [-0.3, -0.25) is 13.7 Å². The van der Waals surface area contributed by atoms with Crippen LogP contribution in [-0.2, 0) is 46.3 Å². The molecule has 12 aromatic carbocycles. The third-order valence-corrected chi connectivity index (χ3v) is 25.7. The number of hydrogen-bond donors (Lipinski definition) is 0. The largest absolute Gasteiger partial charge is 0.491 e. The van der Waals surface area contributed by atoms with Crippen LogP contribution in [0, 0.1) is 0 Å². The van der Waals surface area contributed by atoms with E-state index >= 15 is 0 Å². The molecule has 5 aliphatic heterocycles. The molecule has 0 aromatic heterocycles. The summed E-state index contributed by atoms with van der Waals surface area (Å²) >= 11 is 0. The second kappa shape index (κ2) is 27.3. The molecule has 0 amide bonds. The summed E-state index contributed by atoms with van der Waals surface area (Å²) in [6.07, 6.45) is 0.981. The molecule has 97 heavy (non-hydrogen) atoms. The molecule has 6 atom stereocenters. The van der Waals surface area contributed by atoms with Crippen LogP contribution in [0.3, 0.4) is 0 Å². The van der Waals surface area contributed by atoms with Crippen molar-refractivity contribution in [2.45, 2.75) is 31.0 Å². The van der Waals surface area contributed by atoms with Crippen LogP contribution in [-0.4, -0.2) is 32.0 Å². The summed E-state index contributed by atoms with van der Waals surface area (Å²) in [6, 6.07) is 94.8. The Labute approximate surface area is 563 Å². The molecule has 0 spiro atoms. The van der Waals surface area contributed by atoms with Crippen LogP contribution >= 0.6 is 29.9 Å². The minimum atomic E-state index is -3.88. The Bertz CT molecular complexity index is 4950. The van der Waals surface area contributed by atoms with Gasteiger partial charge in [0.2, 0.25) is 0 Å². The highest BCUT2D eigenvalue weighted by Crippen LogP contribution is 2.61. The van der Waals surface area contributed by atoms with Crippen LogP contribution in [0.5, 0.6) is 40.2 Å². The molecule has 13 nitrogen and oxygen atoms in total. The summed E-state index contributed by atoms with van der Waals surface area (Å²) in [7, 11) is -14.5. The Hall–Kier alpha value is -9.92. The molecule has 5 aliphatic rings. The Kier molecular flexibility index (Phi) is 17.8. The van der Waals surface area contributed by atoms with E-state index in [4.69, 9.17) is 41.4 Å². The normalized spacial score (nSPS) is 20.0. The summed E-state index contributed by atoms with van der Waals surface area (Å²) in [4.78, 5) is 0. The van der Waals surface area contributed by atoms with E-state index in [2.05, 4.69) is 24.3 Å². The molecular weight excluding hydrogens is 1290 g/mol. The lowest BCUT2D eigenvalue weighted by atomic mass is 10.0. The first kappa shape index (κ1) is 63.2. The van der Waals surface area contributed by atoms with E-state index in [1.165, 1.54) is 5.56 Å². The van der Waals surface area contributed by atoms with Crippen LogP contribution in [0.2, 0.25) is 0 Å². The van der Waals surface area contributed by atoms with Crippen molar-refractivity contribution < 1.29 is 59.6 Å². The van der Waals surface area contributed by atoms with E-state index in [9.17, 15) is 18.3 Å². The highest BCUT2D eigenvalue weighted by molar-refractivity contribution is 7.67. The van der Waals surface area contributed by atoms with Gasteiger partial charge in [0, 0.05) is 50.9 Å².